The van der Waals surface area contributed by atoms with Crippen molar-refractivity contribution >= 4 is 32.7 Å². The summed E-state index contributed by atoms with van der Waals surface area (Å²) in [5.74, 6) is -1.16. The number of aromatic amines is 1. The largest absolute Gasteiger partial charge is 0.370 e. The Bertz CT molecular complexity index is 1060. The summed E-state index contributed by atoms with van der Waals surface area (Å²) in [5.41, 5.74) is 7.26. The topological polar surface area (TPSA) is 109 Å². The van der Waals surface area contributed by atoms with Gasteiger partial charge in [0.1, 0.15) is 11.6 Å². The first-order valence-corrected chi connectivity index (χ1v) is 9.37. The number of benzene rings is 1. The number of fused-ring (bicyclic) bond motifs is 1. The second-order valence-corrected chi connectivity index (χ2v) is 7.92. The Kier molecular flexibility index (Phi) is 4.64. The van der Waals surface area contributed by atoms with E-state index in [4.69, 9.17) is 5.73 Å². The van der Waals surface area contributed by atoms with Crippen LogP contribution >= 0.6 is 0 Å². The fourth-order valence-electron chi connectivity index (χ4n) is 2.58. The molecule has 26 heavy (non-hydrogen) atoms. The van der Waals surface area contributed by atoms with Gasteiger partial charge < -0.3 is 10.7 Å². The van der Waals surface area contributed by atoms with Gasteiger partial charge in [-0.15, -0.1) is 0 Å². The number of aromatic nitrogens is 2. The number of carbonyl (C=O) groups excluding carboxylic acids is 1. The van der Waals surface area contributed by atoms with Gasteiger partial charge in [-0.2, -0.15) is 0 Å². The van der Waals surface area contributed by atoms with Crippen LogP contribution in [0, 0.1) is 5.82 Å². The van der Waals surface area contributed by atoms with E-state index < -0.39 is 15.9 Å². The number of nitrogens with zero attached hydrogens (tertiary/aromatic N) is 2. The SMILES string of the molecule is CN(c1ccc(-c2c[nH]c3cc(F)ccc23)cn1)S(=O)(=O)CCC(N)=O. The number of halogens is 1. The molecule has 2 aromatic heterocycles. The number of carbonyl (C=O) groups is 1. The van der Waals surface area contributed by atoms with Crippen molar-refractivity contribution in [3.63, 3.8) is 0 Å². The van der Waals surface area contributed by atoms with Crippen molar-refractivity contribution in [2.45, 2.75) is 6.42 Å². The molecule has 9 heteroatoms. The first-order valence-electron chi connectivity index (χ1n) is 7.76. The van der Waals surface area contributed by atoms with E-state index in [0.29, 0.717) is 5.52 Å². The summed E-state index contributed by atoms with van der Waals surface area (Å²) in [7, 11) is -2.32. The number of amides is 1. The first kappa shape index (κ1) is 17.9. The monoisotopic (exact) mass is 376 g/mol. The third kappa shape index (κ3) is 3.52. The zero-order valence-electron chi connectivity index (χ0n) is 13.9. The van der Waals surface area contributed by atoms with Gasteiger partial charge in [0.2, 0.25) is 15.9 Å². The number of nitrogens with one attached hydrogen (secondary N) is 1. The average molecular weight is 376 g/mol. The molecule has 3 aromatic rings. The number of sulfonamides is 1. The molecule has 3 N–H and O–H groups in total. The number of hydrogen-bond donors (Lipinski definition) is 2. The highest BCUT2D eigenvalue weighted by Crippen LogP contribution is 2.29. The second-order valence-electron chi connectivity index (χ2n) is 5.80. The molecule has 136 valence electrons. The molecule has 3 rings (SSSR count). The number of anilines is 1. The summed E-state index contributed by atoms with van der Waals surface area (Å²) >= 11 is 0. The molecular formula is C17H17FN4O3S. The predicted octanol–water partition coefficient (Wildman–Crippen LogP) is 2.01. The van der Waals surface area contributed by atoms with Crippen molar-refractivity contribution in [1.29, 1.82) is 0 Å². The summed E-state index contributed by atoms with van der Waals surface area (Å²) in [5, 5.41) is 0.836. The smallest absolute Gasteiger partial charge is 0.236 e. The molecule has 0 radical (unpaired) electrons. The Morgan fingerprint density at radius 3 is 2.73 bits per heavy atom. The van der Waals surface area contributed by atoms with Crippen LogP contribution in [0.4, 0.5) is 10.2 Å². The van der Waals surface area contributed by atoms with Crippen molar-refractivity contribution in [2.75, 3.05) is 17.1 Å². The van der Waals surface area contributed by atoms with Gasteiger partial charge in [-0.05, 0) is 30.3 Å². The molecule has 0 saturated heterocycles. The lowest BCUT2D eigenvalue weighted by molar-refractivity contribution is -0.117. The lowest BCUT2D eigenvalue weighted by Crippen LogP contribution is -2.31. The minimum Gasteiger partial charge on any atom is -0.370 e. The second kappa shape index (κ2) is 6.75. The summed E-state index contributed by atoms with van der Waals surface area (Å²) < 4.78 is 38.7. The highest BCUT2D eigenvalue weighted by atomic mass is 32.2. The number of rotatable bonds is 6. The van der Waals surface area contributed by atoms with Crippen LogP contribution in [0.3, 0.4) is 0 Å². The molecule has 2 heterocycles. The third-order valence-electron chi connectivity index (χ3n) is 4.05. The minimum absolute atomic E-state index is 0.226. The molecule has 0 aliphatic rings. The van der Waals surface area contributed by atoms with Crippen molar-refractivity contribution in [1.82, 2.24) is 9.97 Å². The number of nitrogens with two attached hydrogens (primary N) is 1. The molecule has 0 bridgehead atoms. The van der Waals surface area contributed by atoms with Gasteiger partial charge in [-0.1, -0.05) is 0 Å². The maximum Gasteiger partial charge on any atom is 0.236 e. The van der Waals surface area contributed by atoms with Gasteiger partial charge >= 0.3 is 0 Å². The predicted molar refractivity (Wildman–Crippen MR) is 97.5 cm³/mol. The van der Waals surface area contributed by atoms with E-state index in [-0.39, 0.29) is 23.8 Å². The normalized spacial score (nSPS) is 11.6. The maximum absolute atomic E-state index is 13.3. The van der Waals surface area contributed by atoms with Crippen LogP contribution < -0.4 is 10.0 Å². The van der Waals surface area contributed by atoms with E-state index in [1.807, 2.05) is 0 Å². The lowest BCUT2D eigenvalue weighted by Gasteiger charge is -2.18. The Hall–Kier alpha value is -2.94. The fraction of sp³-hybridized carbons (Fsp3) is 0.176. The molecule has 0 saturated carbocycles. The van der Waals surface area contributed by atoms with Gasteiger partial charge in [0.25, 0.3) is 0 Å². The molecule has 0 atom stereocenters. The van der Waals surface area contributed by atoms with Gasteiger partial charge in [-0.25, -0.2) is 17.8 Å². The molecule has 0 unspecified atom stereocenters. The van der Waals surface area contributed by atoms with Crippen LogP contribution in [-0.4, -0.2) is 37.1 Å². The molecule has 0 spiro atoms. The summed E-state index contributed by atoms with van der Waals surface area (Å²) in [6.45, 7) is 0. The van der Waals surface area contributed by atoms with Crippen LogP contribution in [0.2, 0.25) is 0 Å². The zero-order chi connectivity index (χ0) is 18.9. The molecule has 0 fully saturated rings. The summed E-state index contributed by atoms with van der Waals surface area (Å²) in [6.07, 6.45) is 3.03. The van der Waals surface area contributed by atoms with Gasteiger partial charge in [0, 0.05) is 47.9 Å². The van der Waals surface area contributed by atoms with Crippen molar-refractivity contribution in [2.24, 2.45) is 5.73 Å². The molecule has 7 nitrogen and oxygen atoms in total. The lowest BCUT2D eigenvalue weighted by atomic mass is 10.1. The van der Waals surface area contributed by atoms with Crippen LogP contribution in [0.15, 0.2) is 42.7 Å². The maximum atomic E-state index is 13.3. The molecule has 0 aliphatic carbocycles. The molecule has 1 aromatic carbocycles. The highest BCUT2D eigenvalue weighted by Gasteiger charge is 2.20. The Balaban J connectivity index is 1.87. The minimum atomic E-state index is -3.69. The van der Waals surface area contributed by atoms with Gasteiger partial charge in [0.05, 0.1) is 5.75 Å². The van der Waals surface area contributed by atoms with Gasteiger partial charge in [0.15, 0.2) is 0 Å². The quantitative estimate of drug-likeness (QED) is 0.686. The Labute approximate surface area is 149 Å². The van der Waals surface area contributed by atoms with Gasteiger partial charge in [-0.3, -0.25) is 9.10 Å². The first-order chi connectivity index (χ1) is 12.3. The van der Waals surface area contributed by atoms with E-state index in [1.165, 1.54) is 19.2 Å². The van der Waals surface area contributed by atoms with Crippen LogP contribution in [0.25, 0.3) is 22.0 Å². The molecular weight excluding hydrogens is 359 g/mol. The zero-order valence-corrected chi connectivity index (χ0v) is 14.8. The standard InChI is InChI=1S/C17H17FN4O3S/c1-22(26(24,25)7-6-16(19)23)17-5-2-11(9-21-17)14-10-20-15-8-12(18)3-4-13(14)15/h2-5,8-10,20H,6-7H2,1H3,(H2,19,23). The molecule has 0 aliphatic heterocycles. The van der Waals surface area contributed by atoms with Crippen molar-refractivity contribution in [3.05, 3.63) is 48.5 Å². The van der Waals surface area contributed by atoms with Crippen LogP contribution in [0.1, 0.15) is 6.42 Å². The van der Waals surface area contributed by atoms with Crippen LogP contribution in [0.5, 0.6) is 0 Å². The van der Waals surface area contributed by atoms with E-state index in [9.17, 15) is 17.6 Å². The van der Waals surface area contributed by atoms with E-state index in [1.54, 1.807) is 30.6 Å². The van der Waals surface area contributed by atoms with E-state index in [0.717, 1.165) is 20.8 Å². The summed E-state index contributed by atoms with van der Waals surface area (Å²) in [4.78, 5) is 18.0. The Morgan fingerprint density at radius 2 is 2.08 bits per heavy atom. The fourth-order valence-corrected chi connectivity index (χ4v) is 3.70. The van der Waals surface area contributed by atoms with E-state index in [2.05, 4.69) is 9.97 Å². The van der Waals surface area contributed by atoms with Crippen molar-refractivity contribution in [3.8, 4) is 11.1 Å². The number of H-pyrrole nitrogens is 1. The Morgan fingerprint density at radius 1 is 1.31 bits per heavy atom. The van der Waals surface area contributed by atoms with Crippen molar-refractivity contribution < 1.29 is 17.6 Å². The van der Waals surface area contributed by atoms with E-state index >= 15 is 0 Å². The van der Waals surface area contributed by atoms with Crippen LogP contribution in [-0.2, 0) is 14.8 Å². The average Bonchev–Trinajstić information content (AvgIpc) is 3.02. The summed E-state index contributed by atoms with van der Waals surface area (Å²) in [6, 6.07) is 7.75. The molecule has 1 amide bonds. The number of hydrogen-bond acceptors (Lipinski definition) is 4. The number of primary amides is 1. The highest BCUT2D eigenvalue weighted by molar-refractivity contribution is 7.92. The number of pyridine rings is 1. The third-order valence-corrected chi connectivity index (χ3v) is 5.79.